The van der Waals surface area contributed by atoms with E-state index in [1.165, 1.54) is 12.1 Å². The molecule has 0 aliphatic carbocycles. The van der Waals surface area contributed by atoms with Crippen molar-refractivity contribution in [3.05, 3.63) is 58.4 Å². The number of hydrogen-bond donors (Lipinski definition) is 2. The largest absolute Gasteiger partial charge is 0.379 e. The van der Waals surface area contributed by atoms with Crippen LogP contribution in [0.3, 0.4) is 0 Å². The second kappa shape index (κ2) is 20.0. The van der Waals surface area contributed by atoms with Crippen molar-refractivity contribution in [3.8, 4) is 11.4 Å². The number of unbranched alkanes of at least 4 members (excludes halogenated alkanes) is 3. The van der Waals surface area contributed by atoms with Crippen LogP contribution in [0.15, 0.2) is 41.5 Å². The maximum atomic E-state index is 13.5. The van der Waals surface area contributed by atoms with Gasteiger partial charge in [0.15, 0.2) is 11.2 Å². The summed E-state index contributed by atoms with van der Waals surface area (Å²) in [6.45, 7) is 6.04. The van der Waals surface area contributed by atoms with Crippen LogP contribution < -0.4 is 11.3 Å². The van der Waals surface area contributed by atoms with E-state index in [0.29, 0.717) is 89.6 Å². The number of rotatable bonds is 24. The van der Waals surface area contributed by atoms with E-state index in [-0.39, 0.29) is 17.3 Å². The van der Waals surface area contributed by atoms with Crippen LogP contribution in [0.1, 0.15) is 31.2 Å². The van der Waals surface area contributed by atoms with Crippen molar-refractivity contribution in [2.24, 2.45) is 0 Å². The SMILES string of the molecule is Nc1nc2c(nc(-c3cnn(CCOCCOCCOCCOCCOCCCCCCCl)c3)n2Cc2ccc(F)cc2)c(=O)[nH]1. The number of nitrogens with zero attached hydrogens (tertiary/aromatic N) is 5. The molecule has 0 radical (unpaired) electrons. The number of halogens is 2. The fraction of sp³-hybridized carbons (Fsp3) is 0.548. The van der Waals surface area contributed by atoms with Crippen LogP contribution in [0.5, 0.6) is 0 Å². The minimum absolute atomic E-state index is 0.0174. The Hall–Kier alpha value is -3.40. The third kappa shape index (κ3) is 11.8. The molecule has 13 nitrogen and oxygen atoms in total. The monoisotopic (exact) mass is 663 g/mol. The van der Waals surface area contributed by atoms with E-state index in [0.717, 1.165) is 43.7 Å². The number of nitrogens with one attached hydrogen (secondary N) is 1. The van der Waals surface area contributed by atoms with Gasteiger partial charge in [-0.1, -0.05) is 25.0 Å². The number of ether oxygens (including phenoxy) is 5. The molecule has 0 atom stereocenters. The van der Waals surface area contributed by atoms with Crippen molar-refractivity contribution in [1.29, 1.82) is 0 Å². The summed E-state index contributed by atoms with van der Waals surface area (Å²) in [5.41, 5.74) is 7.35. The molecule has 3 aromatic heterocycles. The van der Waals surface area contributed by atoms with E-state index in [1.54, 1.807) is 27.6 Å². The van der Waals surface area contributed by atoms with Crippen molar-refractivity contribution in [2.75, 3.05) is 77.7 Å². The van der Waals surface area contributed by atoms with Crippen LogP contribution in [0.4, 0.5) is 10.3 Å². The van der Waals surface area contributed by atoms with Gasteiger partial charge in [-0.15, -0.1) is 11.6 Å². The lowest BCUT2D eigenvalue weighted by atomic mass is 10.2. The lowest BCUT2D eigenvalue weighted by molar-refractivity contribution is -0.0117. The molecule has 15 heteroatoms. The molecule has 46 heavy (non-hydrogen) atoms. The van der Waals surface area contributed by atoms with Gasteiger partial charge in [0.1, 0.15) is 11.6 Å². The molecule has 0 aliphatic rings. The molecule has 0 spiro atoms. The number of nitrogens with two attached hydrogens (primary N) is 1. The second-order valence-electron chi connectivity index (χ2n) is 10.4. The smallest absolute Gasteiger partial charge is 0.280 e. The topological polar surface area (TPSA) is 154 Å². The van der Waals surface area contributed by atoms with E-state index >= 15 is 0 Å². The number of nitrogen functional groups attached to an aromatic ring is 1. The molecule has 4 aromatic rings. The molecule has 0 saturated carbocycles. The Balaban J connectivity index is 1.09. The third-order valence-corrected chi connectivity index (χ3v) is 7.16. The molecule has 252 valence electrons. The molecular weight excluding hydrogens is 621 g/mol. The van der Waals surface area contributed by atoms with Gasteiger partial charge < -0.3 is 34.0 Å². The van der Waals surface area contributed by atoms with Gasteiger partial charge in [-0.25, -0.2) is 9.37 Å². The van der Waals surface area contributed by atoms with Gasteiger partial charge in [-0.3, -0.25) is 14.5 Å². The average molecular weight is 664 g/mol. The fourth-order valence-corrected chi connectivity index (χ4v) is 4.75. The normalized spacial score (nSPS) is 11.6. The van der Waals surface area contributed by atoms with Gasteiger partial charge >= 0.3 is 0 Å². The minimum atomic E-state index is -0.442. The van der Waals surface area contributed by atoms with Gasteiger partial charge in [0, 0.05) is 18.7 Å². The Morgan fingerprint density at radius 3 is 2.07 bits per heavy atom. The quantitative estimate of drug-likeness (QED) is 0.0839. The van der Waals surface area contributed by atoms with Gasteiger partial charge in [-0.05, 0) is 30.5 Å². The summed E-state index contributed by atoms with van der Waals surface area (Å²) in [6, 6.07) is 6.09. The molecule has 0 unspecified atom stereocenters. The van der Waals surface area contributed by atoms with Gasteiger partial charge in [0.05, 0.1) is 84.3 Å². The van der Waals surface area contributed by atoms with E-state index in [4.69, 9.17) is 41.0 Å². The molecule has 3 N–H and O–H groups in total. The molecule has 0 aliphatic heterocycles. The van der Waals surface area contributed by atoms with Crippen LogP contribution in [0, 0.1) is 5.82 Å². The summed E-state index contributed by atoms with van der Waals surface area (Å²) in [5.74, 6) is 0.868. The highest BCUT2D eigenvalue weighted by Crippen LogP contribution is 2.24. The van der Waals surface area contributed by atoms with E-state index < -0.39 is 5.56 Å². The van der Waals surface area contributed by atoms with E-state index in [2.05, 4.69) is 20.1 Å². The highest BCUT2D eigenvalue weighted by Gasteiger charge is 2.19. The predicted octanol–water partition coefficient (Wildman–Crippen LogP) is 3.63. The van der Waals surface area contributed by atoms with Gasteiger partial charge in [-0.2, -0.15) is 10.1 Å². The number of imidazole rings is 1. The van der Waals surface area contributed by atoms with Crippen LogP contribution in [-0.2, 0) is 36.8 Å². The van der Waals surface area contributed by atoms with Crippen LogP contribution in [-0.4, -0.2) is 101 Å². The predicted molar refractivity (Wildman–Crippen MR) is 173 cm³/mol. The summed E-state index contributed by atoms with van der Waals surface area (Å²) in [4.78, 5) is 23.9. The summed E-state index contributed by atoms with van der Waals surface area (Å²) in [5, 5.41) is 4.42. The third-order valence-electron chi connectivity index (χ3n) is 6.89. The molecule has 1 aromatic carbocycles. The van der Waals surface area contributed by atoms with E-state index in [9.17, 15) is 9.18 Å². The van der Waals surface area contributed by atoms with Crippen molar-refractivity contribution in [1.82, 2.24) is 29.3 Å². The average Bonchev–Trinajstić information content (AvgIpc) is 3.66. The van der Waals surface area contributed by atoms with Crippen molar-refractivity contribution in [3.63, 3.8) is 0 Å². The zero-order chi connectivity index (χ0) is 32.4. The fourth-order valence-electron chi connectivity index (χ4n) is 4.56. The van der Waals surface area contributed by atoms with Crippen LogP contribution >= 0.6 is 11.6 Å². The number of anilines is 1. The number of fused-ring (bicyclic) bond motifs is 1. The Bertz CT molecular complexity index is 1500. The number of aromatic nitrogens is 6. The Morgan fingerprint density at radius 2 is 1.41 bits per heavy atom. The lowest BCUT2D eigenvalue weighted by Crippen LogP contribution is -2.14. The molecular formula is C31H43ClFN7O6. The number of H-pyrrole nitrogens is 1. The molecule has 0 amide bonds. The zero-order valence-electron chi connectivity index (χ0n) is 26.0. The summed E-state index contributed by atoms with van der Waals surface area (Å²) in [7, 11) is 0. The van der Waals surface area contributed by atoms with Crippen molar-refractivity contribution < 1.29 is 28.1 Å². The Labute approximate surface area is 272 Å². The van der Waals surface area contributed by atoms with Crippen LogP contribution in [0.2, 0.25) is 0 Å². The number of benzene rings is 1. The van der Waals surface area contributed by atoms with Crippen molar-refractivity contribution in [2.45, 2.75) is 38.8 Å². The molecule has 0 fully saturated rings. The van der Waals surface area contributed by atoms with Gasteiger partial charge in [0.2, 0.25) is 5.95 Å². The standard InChI is InChI=1S/C31H43ClFN7O6/c32-9-3-1-2-4-11-42-13-15-44-17-19-46-20-18-45-16-14-43-12-10-39-23-25(21-35-39)28-36-27-29(37-31(34)38-30(27)41)40(28)22-24-5-7-26(33)8-6-24/h5-8,21,23H,1-4,9-20,22H2,(H3,34,37,38,41). The number of hydrogen-bond acceptors (Lipinski definition) is 10. The Kier molecular flexibility index (Phi) is 15.4. The highest BCUT2D eigenvalue weighted by atomic mass is 35.5. The molecule has 4 rings (SSSR count). The van der Waals surface area contributed by atoms with Gasteiger partial charge in [0.25, 0.3) is 5.56 Å². The first-order chi connectivity index (χ1) is 22.5. The molecule has 0 bridgehead atoms. The highest BCUT2D eigenvalue weighted by molar-refractivity contribution is 6.17. The summed E-state index contributed by atoms with van der Waals surface area (Å²) in [6.07, 6.45) is 7.91. The first-order valence-electron chi connectivity index (χ1n) is 15.5. The van der Waals surface area contributed by atoms with Crippen LogP contribution in [0.25, 0.3) is 22.6 Å². The number of aromatic amines is 1. The second-order valence-corrected chi connectivity index (χ2v) is 10.8. The lowest BCUT2D eigenvalue weighted by Gasteiger charge is -2.08. The molecule has 3 heterocycles. The van der Waals surface area contributed by atoms with Crippen molar-refractivity contribution >= 4 is 28.7 Å². The first kappa shape index (κ1) is 35.5. The number of alkyl halides is 1. The first-order valence-corrected chi connectivity index (χ1v) is 16.1. The molecule has 0 saturated heterocycles. The minimum Gasteiger partial charge on any atom is -0.379 e. The van der Waals surface area contributed by atoms with E-state index in [1.807, 2.05) is 6.20 Å². The maximum Gasteiger partial charge on any atom is 0.280 e. The summed E-state index contributed by atoms with van der Waals surface area (Å²) >= 11 is 5.66. The summed E-state index contributed by atoms with van der Waals surface area (Å²) < 4.78 is 44.7. The maximum absolute atomic E-state index is 13.5. The zero-order valence-corrected chi connectivity index (χ0v) is 26.8. The Morgan fingerprint density at radius 1 is 0.804 bits per heavy atom.